The molecule has 0 saturated heterocycles. The van der Waals surface area contributed by atoms with Gasteiger partial charge in [0.15, 0.2) is 12.0 Å². The van der Waals surface area contributed by atoms with Crippen LogP contribution in [-0.2, 0) is 17.4 Å². The van der Waals surface area contributed by atoms with Gasteiger partial charge in [-0.05, 0) is 24.3 Å². The lowest BCUT2D eigenvalue weighted by Crippen LogP contribution is -2.13. The molecule has 1 amide bonds. The number of ether oxygens (including phenoxy) is 1. The van der Waals surface area contributed by atoms with Crippen molar-refractivity contribution in [1.82, 2.24) is 15.0 Å². The van der Waals surface area contributed by atoms with Crippen LogP contribution in [-0.4, -0.2) is 27.1 Å². The number of amides is 1. The van der Waals surface area contributed by atoms with Gasteiger partial charge in [-0.15, -0.1) is 11.3 Å². The molecule has 0 fully saturated rings. The van der Waals surface area contributed by atoms with Gasteiger partial charge in [-0.1, -0.05) is 12.1 Å². The molecule has 4 aromatic rings. The molecule has 0 aliphatic rings. The van der Waals surface area contributed by atoms with Crippen molar-refractivity contribution in [2.24, 2.45) is 5.73 Å². The molecule has 0 atom stereocenters. The normalized spacial score (nSPS) is 11.5. The third-order valence-electron chi connectivity index (χ3n) is 4.39. The second-order valence-electron chi connectivity index (χ2n) is 6.61. The van der Waals surface area contributed by atoms with E-state index in [-0.39, 0.29) is 29.1 Å². The first-order valence-electron chi connectivity index (χ1n) is 9.08. The van der Waals surface area contributed by atoms with E-state index in [2.05, 4.69) is 15.0 Å². The number of aromatic nitrogens is 3. The Morgan fingerprint density at radius 2 is 1.97 bits per heavy atom. The number of aldehydes is 1. The van der Waals surface area contributed by atoms with Crippen LogP contribution in [0, 0.1) is 0 Å². The molecule has 0 aliphatic carbocycles. The maximum atomic E-state index is 13.0. The zero-order valence-electron chi connectivity index (χ0n) is 16.1. The van der Waals surface area contributed by atoms with Crippen molar-refractivity contribution in [2.45, 2.75) is 12.6 Å². The molecule has 2 aromatic heterocycles. The van der Waals surface area contributed by atoms with Gasteiger partial charge in [-0.2, -0.15) is 13.2 Å². The predicted molar refractivity (Wildman–Crippen MR) is 110 cm³/mol. The standard InChI is InChI=1S/C21H13F3N4O3S/c22-21(23,24)12-4-5-13(11(6-12)9-29)14-7-18(27-10-26-14)31-15-2-1-3-16-20(15)28-19(32-16)8-17(25)30/h1-7,9-10H,8H2,(H2,25,30). The molecule has 2 aromatic carbocycles. The average molecular weight is 458 g/mol. The Labute approximate surface area is 182 Å². The van der Waals surface area contributed by atoms with Crippen molar-refractivity contribution in [3.05, 3.63) is 64.9 Å². The third kappa shape index (κ3) is 4.42. The Morgan fingerprint density at radius 1 is 1.16 bits per heavy atom. The molecule has 7 nitrogen and oxygen atoms in total. The smallest absolute Gasteiger partial charge is 0.416 e. The van der Waals surface area contributed by atoms with E-state index in [0.29, 0.717) is 22.6 Å². The molecular formula is C21H13F3N4O3S. The van der Waals surface area contributed by atoms with E-state index in [9.17, 15) is 22.8 Å². The summed E-state index contributed by atoms with van der Waals surface area (Å²) < 4.78 is 45.5. The van der Waals surface area contributed by atoms with Crippen LogP contribution in [0.3, 0.4) is 0 Å². The lowest BCUT2D eigenvalue weighted by atomic mass is 10.0. The lowest BCUT2D eigenvalue weighted by molar-refractivity contribution is -0.137. The number of carbonyl (C=O) groups is 2. The number of para-hydroxylation sites is 1. The minimum Gasteiger partial charge on any atom is -0.437 e. The van der Waals surface area contributed by atoms with Crippen molar-refractivity contribution in [3.63, 3.8) is 0 Å². The Bertz CT molecular complexity index is 1340. The van der Waals surface area contributed by atoms with Gasteiger partial charge in [-0.25, -0.2) is 15.0 Å². The fourth-order valence-electron chi connectivity index (χ4n) is 3.00. The van der Waals surface area contributed by atoms with Gasteiger partial charge >= 0.3 is 6.18 Å². The summed E-state index contributed by atoms with van der Waals surface area (Å²) in [6.45, 7) is 0. The summed E-state index contributed by atoms with van der Waals surface area (Å²) in [6.07, 6.45) is -3.06. The quantitative estimate of drug-likeness (QED) is 0.429. The molecule has 2 heterocycles. The van der Waals surface area contributed by atoms with Crippen LogP contribution in [0.4, 0.5) is 13.2 Å². The average Bonchev–Trinajstić information content (AvgIpc) is 3.15. The number of rotatable bonds is 6. The number of thiazole rings is 1. The molecule has 0 saturated carbocycles. The predicted octanol–water partition coefficient (Wildman–Crippen LogP) is 4.40. The number of hydrogen-bond acceptors (Lipinski definition) is 7. The minimum atomic E-state index is -4.57. The number of nitrogens with zero attached hydrogens (tertiary/aromatic N) is 3. The third-order valence-corrected chi connectivity index (χ3v) is 5.41. The Morgan fingerprint density at radius 3 is 2.69 bits per heavy atom. The van der Waals surface area contributed by atoms with Crippen molar-refractivity contribution >= 4 is 33.7 Å². The molecule has 32 heavy (non-hydrogen) atoms. The van der Waals surface area contributed by atoms with Gasteiger partial charge in [0.2, 0.25) is 11.8 Å². The zero-order valence-corrected chi connectivity index (χ0v) is 16.9. The first-order valence-corrected chi connectivity index (χ1v) is 9.89. The fraction of sp³-hybridized carbons (Fsp3) is 0.0952. The zero-order chi connectivity index (χ0) is 22.9. The summed E-state index contributed by atoms with van der Waals surface area (Å²) in [5.41, 5.74) is 5.06. The number of nitrogens with two attached hydrogens (primary N) is 1. The molecule has 2 N–H and O–H groups in total. The molecule has 0 unspecified atom stereocenters. The number of alkyl halides is 3. The fourth-order valence-corrected chi connectivity index (χ4v) is 4.00. The Kier molecular flexibility index (Phi) is 5.57. The molecule has 4 rings (SSSR count). The van der Waals surface area contributed by atoms with Gasteiger partial charge in [0.25, 0.3) is 0 Å². The lowest BCUT2D eigenvalue weighted by Gasteiger charge is -2.11. The first-order chi connectivity index (χ1) is 15.2. The van der Waals surface area contributed by atoms with E-state index < -0.39 is 17.6 Å². The van der Waals surface area contributed by atoms with Crippen LogP contribution >= 0.6 is 11.3 Å². The first kappa shape index (κ1) is 21.4. The van der Waals surface area contributed by atoms with Crippen LogP contribution < -0.4 is 10.5 Å². The van der Waals surface area contributed by atoms with Crippen LogP contribution in [0.15, 0.2) is 48.8 Å². The van der Waals surface area contributed by atoms with Crippen molar-refractivity contribution < 1.29 is 27.5 Å². The van der Waals surface area contributed by atoms with Gasteiger partial charge < -0.3 is 10.5 Å². The van der Waals surface area contributed by atoms with Gasteiger partial charge in [0.1, 0.15) is 16.9 Å². The van der Waals surface area contributed by atoms with E-state index >= 15 is 0 Å². The van der Waals surface area contributed by atoms with Crippen molar-refractivity contribution in [1.29, 1.82) is 0 Å². The summed E-state index contributed by atoms with van der Waals surface area (Å²) in [6, 6.07) is 9.44. The van der Waals surface area contributed by atoms with E-state index in [4.69, 9.17) is 10.5 Å². The molecule has 0 spiro atoms. The van der Waals surface area contributed by atoms with Crippen molar-refractivity contribution in [3.8, 4) is 22.9 Å². The minimum absolute atomic E-state index is 0.00116. The number of primary amides is 1. The summed E-state index contributed by atoms with van der Waals surface area (Å²) in [4.78, 5) is 35.0. The highest BCUT2D eigenvalue weighted by Gasteiger charge is 2.31. The monoisotopic (exact) mass is 458 g/mol. The second-order valence-corrected chi connectivity index (χ2v) is 7.73. The van der Waals surface area contributed by atoms with Crippen LogP contribution in [0.1, 0.15) is 20.9 Å². The Balaban J connectivity index is 1.68. The number of hydrogen-bond donors (Lipinski definition) is 1. The highest BCUT2D eigenvalue weighted by Crippen LogP contribution is 2.35. The van der Waals surface area contributed by atoms with Crippen LogP contribution in [0.5, 0.6) is 11.6 Å². The molecule has 162 valence electrons. The van der Waals surface area contributed by atoms with Gasteiger partial charge in [-0.3, -0.25) is 9.59 Å². The van der Waals surface area contributed by atoms with E-state index in [0.717, 1.165) is 16.8 Å². The van der Waals surface area contributed by atoms with E-state index in [1.807, 2.05) is 6.07 Å². The highest BCUT2D eigenvalue weighted by molar-refractivity contribution is 7.18. The summed E-state index contributed by atoms with van der Waals surface area (Å²) in [5.74, 6) is -0.0414. The molecule has 0 bridgehead atoms. The van der Waals surface area contributed by atoms with Crippen LogP contribution in [0.2, 0.25) is 0 Å². The molecule has 11 heteroatoms. The van der Waals surface area contributed by atoms with Crippen molar-refractivity contribution in [2.75, 3.05) is 0 Å². The highest BCUT2D eigenvalue weighted by atomic mass is 32.1. The number of fused-ring (bicyclic) bond motifs is 1. The Hall–Kier alpha value is -3.86. The summed E-state index contributed by atoms with van der Waals surface area (Å²) in [7, 11) is 0. The number of halogens is 3. The second kappa shape index (κ2) is 8.35. The van der Waals surface area contributed by atoms with E-state index in [1.165, 1.54) is 29.8 Å². The van der Waals surface area contributed by atoms with Gasteiger partial charge in [0, 0.05) is 17.2 Å². The maximum Gasteiger partial charge on any atom is 0.416 e. The summed E-state index contributed by atoms with van der Waals surface area (Å²) >= 11 is 1.30. The number of carbonyl (C=O) groups excluding carboxylic acids is 2. The van der Waals surface area contributed by atoms with E-state index in [1.54, 1.807) is 12.1 Å². The van der Waals surface area contributed by atoms with Gasteiger partial charge in [0.05, 0.1) is 22.4 Å². The molecule has 0 radical (unpaired) electrons. The molecular weight excluding hydrogens is 445 g/mol. The SMILES string of the molecule is NC(=O)Cc1nc2c(Oc3cc(-c4ccc(C(F)(F)F)cc4C=O)ncn3)cccc2s1. The number of benzene rings is 2. The largest absolute Gasteiger partial charge is 0.437 e. The topological polar surface area (TPSA) is 108 Å². The summed E-state index contributed by atoms with van der Waals surface area (Å²) in [5, 5.41) is 0.535. The molecule has 0 aliphatic heterocycles. The van der Waals surface area contributed by atoms with Crippen LogP contribution in [0.25, 0.3) is 21.5 Å². The maximum absolute atomic E-state index is 13.0.